The number of aromatic nitrogens is 4. The highest BCUT2D eigenvalue weighted by Crippen LogP contribution is 2.42. The average Bonchev–Trinajstić information content (AvgIpc) is 3.47. The number of benzene rings is 1. The van der Waals surface area contributed by atoms with E-state index in [4.69, 9.17) is 5.73 Å². The van der Waals surface area contributed by atoms with Crippen LogP contribution in [0.25, 0.3) is 22.4 Å². The topological polar surface area (TPSA) is 128 Å². The van der Waals surface area contributed by atoms with Crippen molar-refractivity contribution in [2.24, 2.45) is 0 Å². The molecule has 2 aliphatic rings. The third-order valence-corrected chi connectivity index (χ3v) is 6.41. The summed E-state index contributed by atoms with van der Waals surface area (Å²) in [6, 6.07) is 6.28. The number of nitrogens with zero attached hydrogens (tertiary/aromatic N) is 4. The van der Waals surface area contributed by atoms with Gasteiger partial charge in [0.05, 0.1) is 11.1 Å². The second-order valence-corrected chi connectivity index (χ2v) is 9.02. The van der Waals surface area contributed by atoms with Gasteiger partial charge >= 0.3 is 12.1 Å². The fourth-order valence-electron chi connectivity index (χ4n) is 4.14. The van der Waals surface area contributed by atoms with Gasteiger partial charge in [-0.3, -0.25) is 14.3 Å². The number of hydrogen-bond donors (Lipinski definition) is 3. The zero-order chi connectivity index (χ0) is 26.0. The third-order valence-electron chi connectivity index (χ3n) is 6.41. The van der Waals surface area contributed by atoms with Gasteiger partial charge in [-0.25, -0.2) is 9.97 Å². The van der Waals surface area contributed by atoms with E-state index in [1.54, 1.807) is 18.2 Å². The van der Waals surface area contributed by atoms with E-state index in [0.29, 0.717) is 5.39 Å². The molecule has 1 atom stereocenters. The highest BCUT2D eigenvalue weighted by Gasteiger charge is 2.57. The second-order valence-electron chi connectivity index (χ2n) is 9.02. The molecule has 1 aliphatic carbocycles. The molecular formula is C22H20F5N7O2. The van der Waals surface area contributed by atoms with Crippen LogP contribution in [0.4, 0.5) is 33.6 Å². The molecule has 2 amide bonds. The zero-order valence-electron chi connectivity index (χ0n) is 18.8. The first-order valence-electron chi connectivity index (χ1n) is 11.0. The summed E-state index contributed by atoms with van der Waals surface area (Å²) in [6.07, 6.45) is -5.58. The van der Waals surface area contributed by atoms with Crippen LogP contribution in [0.1, 0.15) is 31.7 Å². The lowest BCUT2D eigenvalue weighted by molar-refractivity contribution is -0.285. The highest BCUT2D eigenvalue weighted by molar-refractivity contribution is 6.21. The van der Waals surface area contributed by atoms with Crippen LogP contribution in [-0.4, -0.2) is 49.7 Å². The Hall–Kier alpha value is -3.84. The van der Waals surface area contributed by atoms with Gasteiger partial charge in [0.2, 0.25) is 11.8 Å². The fraction of sp³-hybridized carbons (Fsp3) is 0.409. The molecule has 0 saturated heterocycles. The summed E-state index contributed by atoms with van der Waals surface area (Å²) in [5.74, 6) is -6.33. The molecule has 36 heavy (non-hydrogen) atoms. The number of carbonyl (C=O) groups excluding carboxylic acids is 2. The summed E-state index contributed by atoms with van der Waals surface area (Å²) >= 11 is 0. The van der Waals surface area contributed by atoms with Crippen molar-refractivity contribution in [2.75, 3.05) is 11.1 Å². The maximum absolute atomic E-state index is 13.5. The maximum Gasteiger partial charge on any atom is 0.453 e. The molecule has 1 saturated carbocycles. The smallest absolute Gasteiger partial charge is 0.383 e. The van der Waals surface area contributed by atoms with Crippen molar-refractivity contribution in [3.05, 3.63) is 29.8 Å². The molecule has 1 aliphatic heterocycles. The molecule has 2 aromatic heterocycles. The van der Waals surface area contributed by atoms with Crippen LogP contribution in [0, 0.1) is 0 Å². The highest BCUT2D eigenvalue weighted by atomic mass is 19.4. The molecule has 9 nitrogen and oxygen atoms in total. The van der Waals surface area contributed by atoms with Crippen LogP contribution >= 0.6 is 0 Å². The van der Waals surface area contributed by atoms with E-state index < -0.39 is 42.3 Å². The molecule has 4 N–H and O–H groups in total. The number of nitrogen functional groups attached to an aromatic ring is 1. The Bertz CT molecular complexity index is 1400. The monoisotopic (exact) mass is 509 g/mol. The summed E-state index contributed by atoms with van der Waals surface area (Å²) < 4.78 is 66.0. The molecule has 1 fully saturated rings. The number of carbonyl (C=O) groups is 2. The normalized spacial score (nSPS) is 19.9. The lowest BCUT2D eigenvalue weighted by Crippen LogP contribution is -2.48. The van der Waals surface area contributed by atoms with Gasteiger partial charge in [0, 0.05) is 24.4 Å². The quantitative estimate of drug-likeness (QED) is 0.346. The summed E-state index contributed by atoms with van der Waals surface area (Å²) in [5, 5.41) is 9.89. The van der Waals surface area contributed by atoms with Gasteiger partial charge in [0.1, 0.15) is 17.3 Å². The molecule has 1 aromatic carbocycles. The van der Waals surface area contributed by atoms with Gasteiger partial charge in [-0.15, -0.1) is 0 Å². The summed E-state index contributed by atoms with van der Waals surface area (Å²) in [7, 11) is 0. The molecule has 190 valence electrons. The Morgan fingerprint density at radius 1 is 1.22 bits per heavy atom. The van der Waals surface area contributed by atoms with Crippen molar-refractivity contribution < 1.29 is 31.5 Å². The predicted molar refractivity (Wildman–Crippen MR) is 118 cm³/mol. The van der Waals surface area contributed by atoms with E-state index in [0.717, 1.165) is 17.5 Å². The molecule has 5 rings (SSSR count). The molecule has 0 radical (unpaired) electrons. The van der Waals surface area contributed by atoms with Gasteiger partial charge in [-0.2, -0.15) is 27.1 Å². The van der Waals surface area contributed by atoms with Gasteiger partial charge in [-0.1, -0.05) is 18.2 Å². The minimum atomic E-state index is -5.69. The molecule has 14 heteroatoms. The second kappa shape index (κ2) is 7.83. The fourth-order valence-corrected chi connectivity index (χ4v) is 4.14. The number of anilines is 2. The number of halogens is 5. The Morgan fingerprint density at radius 3 is 2.58 bits per heavy atom. The van der Waals surface area contributed by atoms with Crippen molar-refractivity contribution in [3.8, 4) is 11.5 Å². The first-order chi connectivity index (χ1) is 16.8. The van der Waals surface area contributed by atoms with Gasteiger partial charge in [0.15, 0.2) is 11.2 Å². The summed E-state index contributed by atoms with van der Waals surface area (Å²) in [4.78, 5) is 34.2. The molecule has 0 spiro atoms. The van der Waals surface area contributed by atoms with Gasteiger partial charge in [0.25, 0.3) is 0 Å². The minimum Gasteiger partial charge on any atom is -0.383 e. The Kier molecular flexibility index (Phi) is 5.20. The van der Waals surface area contributed by atoms with Crippen molar-refractivity contribution in [1.82, 2.24) is 25.1 Å². The van der Waals surface area contributed by atoms with Crippen molar-refractivity contribution in [2.45, 2.75) is 56.3 Å². The summed E-state index contributed by atoms with van der Waals surface area (Å²) in [6.45, 7) is 0.680. The number of nitrogens with one attached hydrogen (secondary N) is 2. The van der Waals surface area contributed by atoms with E-state index in [9.17, 15) is 31.5 Å². The van der Waals surface area contributed by atoms with Crippen LogP contribution in [0.3, 0.4) is 0 Å². The van der Waals surface area contributed by atoms with E-state index in [2.05, 4.69) is 25.7 Å². The van der Waals surface area contributed by atoms with Crippen LogP contribution in [-0.2, 0) is 21.5 Å². The van der Waals surface area contributed by atoms with Crippen LogP contribution in [0.15, 0.2) is 24.3 Å². The number of para-hydroxylation sites is 1. The Labute approximate surface area is 200 Å². The number of alkyl halides is 5. The first kappa shape index (κ1) is 23.9. The van der Waals surface area contributed by atoms with Gasteiger partial charge in [-0.05, 0) is 25.8 Å². The van der Waals surface area contributed by atoms with E-state index in [1.807, 2.05) is 0 Å². The number of nitrogens with two attached hydrogens (primary N) is 1. The molecular weight excluding hydrogens is 489 g/mol. The largest absolute Gasteiger partial charge is 0.453 e. The zero-order valence-corrected chi connectivity index (χ0v) is 18.8. The Morgan fingerprint density at radius 2 is 1.92 bits per heavy atom. The van der Waals surface area contributed by atoms with Crippen molar-refractivity contribution >= 4 is 34.4 Å². The number of aryl methyl sites for hydroxylation is 1. The molecule has 0 bridgehead atoms. The standard InChI is InChI=1S/C22H20F5N7O2/c1-20(18(35)29-10-6-7-10)13-15(28)30-17(31-16(13)32-19(20)36)14-11-4-2-3-5-12(11)34(33-14)9-8-21(23,24)22(25,26)27/h2-5,10H,6-9H2,1H3,(H,29,35)(H3,28,30,31,32,36). The number of rotatable bonds is 6. The van der Waals surface area contributed by atoms with Crippen LogP contribution < -0.4 is 16.4 Å². The summed E-state index contributed by atoms with van der Waals surface area (Å²) in [5.41, 5.74) is 4.96. The number of fused-ring (bicyclic) bond motifs is 2. The average molecular weight is 509 g/mol. The lowest BCUT2D eigenvalue weighted by Gasteiger charge is -2.21. The molecule has 3 heterocycles. The van der Waals surface area contributed by atoms with Gasteiger partial charge < -0.3 is 16.4 Å². The molecule has 1 unspecified atom stereocenters. The number of hydrogen-bond acceptors (Lipinski definition) is 6. The van der Waals surface area contributed by atoms with Crippen molar-refractivity contribution in [1.29, 1.82) is 0 Å². The lowest BCUT2D eigenvalue weighted by atomic mass is 9.83. The van der Waals surface area contributed by atoms with Crippen LogP contribution in [0.5, 0.6) is 0 Å². The van der Waals surface area contributed by atoms with Crippen LogP contribution in [0.2, 0.25) is 0 Å². The van der Waals surface area contributed by atoms with E-state index in [-0.39, 0.29) is 40.3 Å². The van der Waals surface area contributed by atoms with Crippen molar-refractivity contribution in [3.63, 3.8) is 0 Å². The first-order valence-corrected chi connectivity index (χ1v) is 11.0. The maximum atomic E-state index is 13.5. The SMILES string of the molecule is CC1(C(=O)NC2CC2)C(=O)Nc2nc(-c3nn(CCC(F)(F)C(F)(F)F)c4ccccc34)nc(N)c21. The molecule has 3 aromatic rings. The van der Waals surface area contributed by atoms with E-state index in [1.165, 1.54) is 13.0 Å². The third kappa shape index (κ3) is 3.71. The number of amides is 2. The Balaban J connectivity index is 1.54. The predicted octanol–water partition coefficient (Wildman–Crippen LogP) is 3.15. The minimum absolute atomic E-state index is 0.00168. The van der Waals surface area contributed by atoms with E-state index >= 15 is 0 Å².